The molecule has 4 heteroatoms. The molecule has 0 saturated carbocycles. The molecule has 1 fully saturated rings. The molecule has 1 aliphatic rings. The molecule has 3 nitrogen and oxygen atoms in total. The average molecular weight is 254 g/mol. The summed E-state index contributed by atoms with van der Waals surface area (Å²) in [5, 5.41) is 0.609. The van der Waals surface area contributed by atoms with Crippen molar-refractivity contribution in [3.05, 3.63) is 16.5 Å². The van der Waals surface area contributed by atoms with E-state index in [1.165, 1.54) is 12.8 Å². The van der Waals surface area contributed by atoms with Crippen LogP contribution in [0.4, 0.5) is 5.82 Å². The summed E-state index contributed by atoms with van der Waals surface area (Å²) in [5.74, 6) is 1.91. The van der Waals surface area contributed by atoms with E-state index in [0.717, 1.165) is 36.6 Å². The zero-order valence-electron chi connectivity index (χ0n) is 10.8. The van der Waals surface area contributed by atoms with Crippen LogP contribution in [0.3, 0.4) is 0 Å². The van der Waals surface area contributed by atoms with Gasteiger partial charge in [0.1, 0.15) is 16.8 Å². The third-order valence-corrected chi connectivity index (χ3v) is 3.77. The van der Waals surface area contributed by atoms with Crippen molar-refractivity contribution in [3.63, 3.8) is 0 Å². The van der Waals surface area contributed by atoms with Gasteiger partial charge in [0.2, 0.25) is 0 Å². The Hall–Kier alpha value is -0.830. The van der Waals surface area contributed by atoms with Gasteiger partial charge in [0.05, 0.1) is 0 Å². The lowest BCUT2D eigenvalue weighted by Gasteiger charge is -2.25. The first-order valence-corrected chi connectivity index (χ1v) is 6.81. The SMILES string of the molecule is CCCc1nc(Cl)c(C)c(N2CCCC2C)n1. The van der Waals surface area contributed by atoms with E-state index >= 15 is 0 Å². The number of hydrogen-bond acceptors (Lipinski definition) is 3. The van der Waals surface area contributed by atoms with E-state index in [4.69, 9.17) is 11.6 Å². The van der Waals surface area contributed by atoms with Crippen molar-refractivity contribution in [3.8, 4) is 0 Å². The highest BCUT2D eigenvalue weighted by molar-refractivity contribution is 6.30. The molecule has 0 bridgehead atoms. The van der Waals surface area contributed by atoms with Crippen molar-refractivity contribution in [2.24, 2.45) is 0 Å². The van der Waals surface area contributed by atoms with Gasteiger partial charge in [-0.15, -0.1) is 0 Å². The van der Waals surface area contributed by atoms with Gasteiger partial charge in [0, 0.05) is 24.6 Å². The Morgan fingerprint density at radius 3 is 2.76 bits per heavy atom. The average Bonchev–Trinajstić information content (AvgIpc) is 2.70. The molecule has 1 aromatic rings. The number of hydrogen-bond donors (Lipinski definition) is 0. The number of rotatable bonds is 3. The van der Waals surface area contributed by atoms with E-state index in [-0.39, 0.29) is 0 Å². The molecule has 17 heavy (non-hydrogen) atoms. The van der Waals surface area contributed by atoms with Crippen LogP contribution in [0.5, 0.6) is 0 Å². The van der Waals surface area contributed by atoms with E-state index in [1.807, 2.05) is 6.92 Å². The van der Waals surface area contributed by atoms with Gasteiger partial charge in [0.25, 0.3) is 0 Å². The van der Waals surface area contributed by atoms with E-state index in [1.54, 1.807) is 0 Å². The Balaban J connectivity index is 2.37. The van der Waals surface area contributed by atoms with Crippen LogP contribution in [0.2, 0.25) is 5.15 Å². The fourth-order valence-electron chi connectivity index (χ4n) is 2.38. The van der Waals surface area contributed by atoms with Crippen LogP contribution in [0, 0.1) is 6.92 Å². The lowest BCUT2D eigenvalue weighted by atomic mass is 10.2. The zero-order chi connectivity index (χ0) is 12.4. The summed E-state index contributed by atoms with van der Waals surface area (Å²) in [6, 6.07) is 0.564. The monoisotopic (exact) mass is 253 g/mol. The Labute approximate surface area is 108 Å². The lowest BCUT2D eigenvalue weighted by molar-refractivity contribution is 0.716. The van der Waals surface area contributed by atoms with Crippen molar-refractivity contribution < 1.29 is 0 Å². The molecule has 0 radical (unpaired) electrons. The number of anilines is 1. The predicted molar refractivity (Wildman–Crippen MR) is 71.8 cm³/mol. The maximum atomic E-state index is 6.20. The van der Waals surface area contributed by atoms with Gasteiger partial charge in [-0.3, -0.25) is 0 Å². The quantitative estimate of drug-likeness (QED) is 0.774. The Kier molecular flexibility index (Phi) is 3.87. The van der Waals surface area contributed by atoms with E-state index in [2.05, 4.69) is 28.7 Å². The number of nitrogens with zero attached hydrogens (tertiary/aromatic N) is 3. The van der Waals surface area contributed by atoms with Crippen molar-refractivity contribution >= 4 is 17.4 Å². The van der Waals surface area contributed by atoms with Gasteiger partial charge in [-0.2, -0.15) is 0 Å². The number of aromatic nitrogens is 2. The van der Waals surface area contributed by atoms with Gasteiger partial charge in [-0.25, -0.2) is 9.97 Å². The minimum Gasteiger partial charge on any atom is -0.354 e. The molecule has 0 amide bonds. The van der Waals surface area contributed by atoms with Crippen LogP contribution >= 0.6 is 11.6 Å². The van der Waals surface area contributed by atoms with Gasteiger partial charge in [-0.1, -0.05) is 18.5 Å². The molecule has 1 atom stereocenters. The van der Waals surface area contributed by atoms with Crippen LogP contribution in [-0.4, -0.2) is 22.6 Å². The molecule has 0 aliphatic carbocycles. The molecule has 0 N–H and O–H groups in total. The largest absolute Gasteiger partial charge is 0.354 e. The van der Waals surface area contributed by atoms with Crippen LogP contribution in [0.15, 0.2) is 0 Å². The molecule has 1 saturated heterocycles. The fraction of sp³-hybridized carbons (Fsp3) is 0.692. The van der Waals surface area contributed by atoms with E-state index in [9.17, 15) is 0 Å². The van der Waals surface area contributed by atoms with Gasteiger partial charge < -0.3 is 4.90 Å². The second kappa shape index (κ2) is 5.21. The summed E-state index contributed by atoms with van der Waals surface area (Å²) in [7, 11) is 0. The summed E-state index contributed by atoms with van der Waals surface area (Å²) < 4.78 is 0. The topological polar surface area (TPSA) is 29.0 Å². The second-order valence-electron chi connectivity index (χ2n) is 4.81. The fourth-order valence-corrected chi connectivity index (χ4v) is 2.57. The molecular weight excluding hydrogens is 234 g/mol. The van der Waals surface area contributed by atoms with Crippen molar-refractivity contribution in [2.75, 3.05) is 11.4 Å². The highest BCUT2D eigenvalue weighted by Crippen LogP contribution is 2.29. The van der Waals surface area contributed by atoms with E-state index < -0.39 is 0 Å². The van der Waals surface area contributed by atoms with Gasteiger partial charge in [-0.05, 0) is 33.1 Å². The van der Waals surface area contributed by atoms with E-state index in [0.29, 0.717) is 11.2 Å². The maximum absolute atomic E-state index is 6.20. The van der Waals surface area contributed by atoms with Gasteiger partial charge >= 0.3 is 0 Å². The third-order valence-electron chi connectivity index (χ3n) is 3.41. The molecule has 1 aromatic heterocycles. The zero-order valence-corrected chi connectivity index (χ0v) is 11.6. The van der Waals surface area contributed by atoms with Crippen molar-refractivity contribution in [1.29, 1.82) is 0 Å². The van der Waals surface area contributed by atoms with Crippen LogP contribution in [0.25, 0.3) is 0 Å². The molecular formula is C13H20ClN3. The first kappa shape index (κ1) is 12.6. The molecule has 2 heterocycles. The summed E-state index contributed by atoms with van der Waals surface area (Å²) in [5.41, 5.74) is 1.01. The van der Waals surface area contributed by atoms with Crippen molar-refractivity contribution in [1.82, 2.24) is 9.97 Å². The second-order valence-corrected chi connectivity index (χ2v) is 5.17. The Morgan fingerprint density at radius 1 is 1.41 bits per heavy atom. The highest BCUT2D eigenvalue weighted by atomic mass is 35.5. The maximum Gasteiger partial charge on any atom is 0.137 e. The van der Waals surface area contributed by atoms with Crippen LogP contribution in [0.1, 0.15) is 44.5 Å². The third kappa shape index (κ3) is 2.54. The standard InChI is InChI=1S/C13H20ClN3/c1-4-6-11-15-12(14)10(3)13(16-11)17-8-5-7-9(17)2/h9H,4-8H2,1-3H3. The minimum absolute atomic E-state index is 0.564. The molecule has 2 rings (SSSR count). The normalized spacial score (nSPS) is 20.0. The smallest absolute Gasteiger partial charge is 0.137 e. The summed E-state index contributed by atoms with van der Waals surface area (Å²) in [6.07, 6.45) is 4.43. The minimum atomic E-state index is 0.564. The first-order valence-electron chi connectivity index (χ1n) is 6.43. The van der Waals surface area contributed by atoms with Crippen molar-refractivity contribution in [2.45, 2.75) is 52.5 Å². The summed E-state index contributed by atoms with van der Waals surface area (Å²) >= 11 is 6.20. The molecule has 94 valence electrons. The number of halogens is 1. The van der Waals surface area contributed by atoms with Gasteiger partial charge in [0.15, 0.2) is 0 Å². The lowest BCUT2D eigenvalue weighted by Crippen LogP contribution is -2.28. The Morgan fingerprint density at radius 2 is 2.18 bits per heavy atom. The van der Waals surface area contributed by atoms with Crippen LogP contribution < -0.4 is 4.90 Å². The summed E-state index contributed by atoms with van der Waals surface area (Å²) in [4.78, 5) is 11.4. The molecule has 1 unspecified atom stereocenters. The van der Waals surface area contributed by atoms with Crippen LogP contribution in [-0.2, 0) is 6.42 Å². The number of aryl methyl sites for hydroxylation is 1. The summed E-state index contributed by atoms with van der Waals surface area (Å²) in [6.45, 7) is 7.48. The highest BCUT2D eigenvalue weighted by Gasteiger charge is 2.24. The molecule has 0 aromatic carbocycles. The molecule has 1 aliphatic heterocycles. The predicted octanol–water partition coefficient (Wildman–Crippen LogP) is 3.38. The Bertz CT molecular complexity index is 406. The molecule has 0 spiro atoms. The first-order chi connectivity index (χ1) is 8.13.